The van der Waals surface area contributed by atoms with E-state index in [1.807, 2.05) is 12.3 Å². The molecular formula is C13H11FN2S. The first-order chi connectivity index (χ1) is 8.20. The molecule has 2 aromatic rings. The summed E-state index contributed by atoms with van der Waals surface area (Å²) in [5, 5.41) is 13.8. The number of nitrogens with one attached hydrogen (secondary N) is 1. The average molecular weight is 246 g/mol. The van der Waals surface area contributed by atoms with E-state index in [4.69, 9.17) is 5.26 Å². The molecule has 0 fully saturated rings. The van der Waals surface area contributed by atoms with Gasteiger partial charge in [0.25, 0.3) is 0 Å². The number of halogens is 1. The van der Waals surface area contributed by atoms with Crippen molar-refractivity contribution in [1.82, 2.24) is 0 Å². The molecular weight excluding hydrogens is 235 g/mol. The SMILES string of the molecule is Cc1ccsc1CNc1ccc(C#N)c(F)c1. The van der Waals surface area contributed by atoms with E-state index in [0.717, 1.165) is 0 Å². The number of hydrogen-bond acceptors (Lipinski definition) is 3. The highest BCUT2D eigenvalue weighted by Gasteiger charge is 2.03. The number of anilines is 1. The van der Waals surface area contributed by atoms with Crippen LogP contribution >= 0.6 is 11.3 Å². The minimum absolute atomic E-state index is 0.0721. The summed E-state index contributed by atoms with van der Waals surface area (Å²) < 4.78 is 13.3. The van der Waals surface area contributed by atoms with Crippen LogP contribution in [0.3, 0.4) is 0 Å². The number of aryl methyl sites for hydroxylation is 1. The van der Waals surface area contributed by atoms with E-state index in [9.17, 15) is 4.39 Å². The quantitative estimate of drug-likeness (QED) is 0.896. The van der Waals surface area contributed by atoms with Gasteiger partial charge < -0.3 is 5.32 Å². The molecule has 4 heteroatoms. The van der Waals surface area contributed by atoms with Crippen LogP contribution in [0.4, 0.5) is 10.1 Å². The van der Waals surface area contributed by atoms with Gasteiger partial charge in [-0.3, -0.25) is 0 Å². The first kappa shape index (κ1) is 11.6. The Morgan fingerprint density at radius 1 is 1.41 bits per heavy atom. The summed E-state index contributed by atoms with van der Waals surface area (Å²) in [5.74, 6) is -0.486. The van der Waals surface area contributed by atoms with E-state index >= 15 is 0 Å². The summed E-state index contributed by atoms with van der Waals surface area (Å²) in [6.07, 6.45) is 0. The minimum atomic E-state index is -0.486. The lowest BCUT2D eigenvalue weighted by molar-refractivity contribution is 0.624. The topological polar surface area (TPSA) is 35.8 Å². The monoisotopic (exact) mass is 246 g/mol. The van der Waals surface area contributed by atoms with Crippen molar-refractivity contribution < 1.29 is 4.39 Å². The molecule has 2 rings (SSSR count). The maximum Gasteiger partial charge on any atom is 0.143 e. The van der Waals surface area contributed by atoms with Gasteiger partial charge in [-0.1, -0.05) is 0 Å². The maximum atomic E-state index is 13.3. The molecule has 1 aromatic heterocycles. The van der Waals surface area contributed by atoms with Gasteiger partial charge in [0.15, 0.2) is 0 Å². The van der Waals surface area contributed by atoms with E-state index in [1.54, 1.807) is 23.5 Å². The fourth-order valence-electron chi connectivity index (χ4n) is 1.48. The summed E-state index contributed by atoms with van der Waals surface area (Å²) in [4.78, 5) is 1.23. The summed E-state index contributed by atoms with van der Waals surface area (Å²) >= 11 is 1.67. The van der Waals surface area contributed by atoms with Crippen molar-refractivity contribution in [3.05, 3.63) is 51.5 Å². The Balaban J connectivity index is 2.08. The zero-order valence-corrected chi connectivity index (χ0v) is 10.1. The molecule has 0 aliphatic carbocycles. The van der Waals surface area contributed by atoms with Crippen molar-refractivity contribution in [3.63, 3.8) is 0 Å². The molecule has 1 N–H and O–H groups in total. The van der Waals surface area contributed by atoms with Gasteiger partial charge >= 0.3 is 0 Å². The van der Waals surface area contributed by atoms with Crippen LogP contribution in [-0.4, -0.2) is 0 Å². The van der Waals surface area contributed by atoms with Gasteiger partial charge in [-0.2, -0.15) is 5.26 Å². The normalized spacial score (nSPS) is 9.94. The van der Waals surface area contributed by atoms with Crippen LogP contribution in [-0.2, 0) is 6.54 Å². The molecule has 86 valence electrons. The molecule has 17 heavy (non-hydrogen) atoms. The maximum absolute atomic E-state index is 13.3. The molecule has 0 saturated carbocycles. The lowest BCUT2D eigenvalue weighted by Gasteiger charge is -2.06. The van der Waals surface area contributed by atoms with E-state index in [1.165, 1.54) is 22.6 Å². The zero-order valence-electron chi connectivity index (χ0n) is 9.33. The molecule has 1 heterocycles. The third-order valence-electron chi connectivity index (χ3n) is 2.51. The van der Waals surface area contributed by atoms with E-state index < -0.39 is 5.82 Å². The smallest absolute Gasteiger partial charge is 0.143 e. The molecule has 0 amide bonds. The van der Waals surface area contributed by atoms with Crippen molar-refractivity contribution in [1.29, 1.82) is 5.26 Å². The Kier molecular flexibility index (Phi) is 3.40. The van der Waals surface area contributed by atoms with Crippen molar-refractivity contribution >= 4 is 17.0 Å². The van der Waals surface area contributed by atoms with E-state index in [0.29, 0.717) is 12.2 Å². The van der Waals surface area contributed by atoms with Gasteiger partial charge in [-0.25, -0.2) is 4.39 Å². The average Bonchev–Trinajstić information content (AvgIpc) is 2.72. The number of benzene rings is 1. The van der Waals surface area contributed by atoms with Crippen LogP contribution in [0.15, 0.2) is 29.6 Å². The summed E-state index contributed by atoms with van der Waals surface area (Å²) in [5.41, 5.74) is 1.99. The Morgan fingerprint density at radius 3 is 2.82 bits per heavy atom. The van der Waals surface area contributed by atoms with Gasteiger partial charge in [0.1, 0.15) is 11.9 Å². The Bertz CT molecular complexity index is 569. The Hall–Kier alpha value is -1.86. The largest absolute Gasteiger partial charge is 0.380 e. The highest BCUT2D eigenvalue weighted by atomic mass is 32.1. The van der Waals surface area contributed by atoms with Crippen molar-refractivity contribution in [2.24, 2.45) is 0 Å². The van der Waals surface area contributed by atoms with Gasteiger partial charge in [0.2, 0.25) is 0 Å². The van der Waals surface area contributed by atoms with Crippen LogP contribution in [0, 0.1) is 24.1 Å². The first-order valence-electron chi connectivity index (χ1n) is 5.17. The van der Waals surface area contributed by atoms with Crippen LogP contribution in [0.2, 0.25) is 0 Å². The number of thiophene rings is 1. The molecule has 0 atom stereocenters. The molecule has 0 spiro atoms. The second-order valence-corrected chi connectivity index (χ2v) is 4.69. The summed E-state index contributed by atoms with van der Waals surface area (Å²) in [6.45, 7) is 2.72. The van der Waals surface area contributed by atoms with Crippen molar-refractivity contribution in [2.75, 3.05) is 5.32 Å². The highest BCUT2D eigenvalue weighted by molar-refractivity contribution is 7.10. The summed E-state index contributed by atoms with van der Waals surface area (Å²) in [7, 11) is 0. The van der Waals surface area contributed by atoms with Crippen molar-refractivity contribution in [3.8, 4) is 6.07 Å². The lowest BCUT2D eigenvalue weighted by atomic mass is 10.2. The van der Waals surface area contributed by atoms with Gasteiger partial charge in [0, 0.05) is 17.1 Å². The number of nitriles is 1. The van der Waals surface area contributed by atoms with Gasteiger partial charge in [0.05, 0.1) is 5.56 Å². The highest BCUT2D eigenvalue weighted by Crippen LogP contribution is 2.19. The van der Waals surface area contributed by atoms with Crippen LogP contribution in [0.5, 0.6) is 0 Å². The molecule has 1 aromatic carbocycles. The third kappa shape index (κ3) is 2.63. The fourth-order valence-corrected chi connectivity index (χ4v) is 2.33. The third-order valence-corrected chi connectivity index (χ3v) is 3.53. The standard InChI is InChI=1S/C13H11FN2S/c1-9-4-5-17-13(9)8-16-11-3-2-10(7-15)12(14)6-11/h2-6,16H,8H2,1H3. The molecule has 0 radical (unpaired) electrons. The molecule has 0 bridgehead atoms. The minimum Gasteiger partial charge on any atom is -0.380 e. The van der Waals surface area contributed by atoms with Crippen LogP contribution < -0.4 is 5.32 Å². The van der Waals surface area contributed by atoms with Gasteiger partial charge in [-0.15, -0.1) is 11.3 Å². The lowest BCUT2D eigenvalue weighted by Crippen LogP contribution is -1.99. The first-order valence-corrected chi connectivity index (χ1v) is 6.05. The number of hydrogen-bond donors (Lipinski definition) is 1. The van der Waals surface area contributed by atoms with Crippen LogP contribution in [0.25, 0.3) is 0 Å². The molecule has 0 saturated heterocycles. The van der Waals surface area contributed by atoms with E-state index in [2.05, 4.69) is 11.4 Å². The molecule has 2 nitrogen and oxygen atoms in total. The van der Waals surface area contributed by atoms with Crippen molar-refractivity contribution in [2.45, 2.75) is 13.5 Å². The predicted octanol–water partition coefficient (Wildman–Crippen LogP) is 3.68. The summed E-state index contributed by atoms with van der Waals surface area (Å²) in [6, 6.07) is 8.40. The number of rotatable bonds is 3. The van der Waals surface area contributed by atoms with Crippen LogP contribution in [0.1, 0.15) is 16.0 Å². The Morgan fingerprint density at radius 2 is 2.24 bits per heavy atom. The molecule has 0 unspecified atom stereocenters. The second kappa shape index (κ2) is 4.98. The molecule has 0 aliphatic heterocycles. The fraction of sp³-hybridized carbons (Fsp3) is 0.154. The second-order valence-electron chi connectivity index (χ2n) is 3.69. The number of nitrogens with zero attached hydrogens (tertiary/aromatic N) is 1. The van der Waals surface area contributed by atoms with Gasteiger partial charge in [-0.05, 0) is 42.1 Å². The zero-order chi connectivity index (χ0) is 12.3. The predicted molar refractivity (Wildman–Crippen MR) is 67.5 cm³/mol. The Labute approximate surface area is 103 Å². The molecule has 0 aliphatic rings. The van der Waals surface area contributed by atoms with E-state index in [-0.39, 0.29) is 5.56 Å².